The Balaban J connectivity index is 1.77. The second-order valence-electron chi connectivity index (χ2n) is 5.40. The van der Waals surface area contributed by atoms with Crippen LogP contribution >= 0.6 is 0 Å². The Hall–Kier alpha value is -2.37. The fraction of sp³-hybridized carbons (Fsp3) is 0.400. The van der Waals surface area contributed by atoms with Gasteiger partial charge in [0.1, 0.15) is 6.61 Å². The zero-order valence-electron chi connectivity index (χ0n) is 12.0. The molecule has 1 atom stereocenters. The predicted octanol–water partition coefficient (Wildman–Crippen LogP) is 2.71. The molecule has 0 unspecified atom stereocenters. The first-order valence-electron chi connectivity index (χ1n) is 6.96. The standard InChI is InChI=1S/C15H17N3O3/c1-10(2)12-9-20-15(19)18(12)8-13-16-14(21-17-13)11-6-4-3-5-7-11/h3-7,10,12H,8-9H2,1-2H3/t12-/m1/s1. The lowest BCUT2D eigenvalue weighted by Gasteiger charge is -2.22. The number of rotatable bonds is 4. The summed E-state index contributed by atoms with van der Waals surface area (Å²) in [4.78, 5) is 17.8. The van der Waals surface area contributed by atoms with Crippen LogP contribution < -0.4 is 0 Å². The number of hydrogen-bond donors (Lipinski definition) is 0. The minimum absolute atomic E-state index is 0.0520. The van der Waals surface area contributed by atoms with Crippen LogP contribution in [0.4, 0.5) is 4.79 Å². The third-order valence-corrected chi connectivity index (χ3v) is 3.58. The number of cyclic esters (lactones) is 1. The number of hydrogen-bond acceptors (Lipinski definition) is 5. The van der Waals surface area contributed by atoms with E-state index in [4.69, 9.17) is 9.26 Å². The monoisotopic (exact) mass is 287 g/mol. The lowest BCUT2D eigenvalue weighted by atomic mass is 10.0. The molecule has 0 spiro atoms. The first-order chi connectivity index (χ1) is 10.1. The fourth-order valence-electron chi connectivity index (χ4n) is 2.37. The molecule has 0 bridgehead atoms. The van der Waals surface area contributed by atoms with E-state index in [-0.39, 0.29) is 12.1 Å². The van der Waals surface area contributed by atoms with Crippen molar-refractivity contribution in [1.82, 2.24) is 15.0 Å². The van der Waals surface area contributed by atoms with E-state index in [0.29, 0.717) is 30.8 Å². The molecule has 110 valence electrons. The number of benzene rings is 1. The third kappa shape index (κ3) is 2.74. The van der Waals surface area contributed by atoms with E-state index in [0.717, 1.165) is 5.56 Å². The van der Waals surface area contributed by atoms with Gasteiger partial charge in [-0.15, -0.1) is 0 Å². The fourth-order valence-corrected chi connectivity index (χ4v) is 2.37. The minimum Gasteiger partial charge on any atom is -0.447 e. The summed E-state index contributed by atoms with van der Waals surface area (Å²) in [5, 5.41) is 3.95. The summed E-state index contributed by atoms with van der Waals surface area (Å²) in [5.41, 5.74) is 0.862. The maximum atomic E-state index is 11.8. The van der Waals surface area contributed by atoms with Crippen LogP contribution in [0.5, 0.6) is 0 Å². The van der Waals surface area contributed by atoms with Gasteiger partial charge in [0.05, 0.1) is 12.6 Å². The second-order valence-corrected chi connectivity index (χ2v) is 5.40. The van der Waals surface area contributed by atoms with Crippen LogP contribution in [0.25, 0.3) is 11.5 Å². The van der Waals surface area contributed by atoms with Crippen molar-refractivity contribution >= 4 is 6.09 Å². The van der Waals surface area contributed by atoms with Crippen LogP contribution in [0.15, 0.2) is 34.9 Å². The van der Waals surface area contributed by atoms with E-state index in [1.807, 2.05) is 30.3 Å². The number of ether oxygens (including phenoxy) is 1. The van der Waals surface area contributed by atoms with Gasteiger partial charge in [-0.05, 0) is 18.1 Å². The Labute approximate surface area is 122 Å². The molecule has 0 aliphatic carbocycles. The van der Waals surface area contributed by atoms with Crippen molar-refractivity contribution < 1.29 is 14.1 Å². The van der Waals surface area contributed by atoms with Gasteiger partial charge >= 0.3 is 6.09 Å². The van der Waals surface area contributed by atoms with Gasteiger partial charge < -0.3 is 9.26 Å². The highest BCUT2D eigenvalue weighted by atomic mass is 16.6. The number of carbonyl (C=O) groups is 1. The molecule has 1 fully saturated rings. The summed E-state index contributed by atoms with van der Waals surface area (Å²) >= 11 is 0. The smallest absolute Gasteiger partial charge is 0.410 e. The zero-order chi connectivity index (χ0) is 14.8. The van der Waals surface area contributed by atoms with Crippen LogP contribution in [-0.4, -0.2) is 33.8 Å². The maximum Gasteiger partial charge on any atom is 0.410 e. The number of aromatic nitrogens is 2. The molecule has 0 saturated carbocycles. The summed E-state index contributed by atoms with van der Waals surface area (Å²) in [6.45, 7) is 4.84. The summed E-state index contributed by atoms with van der Waals surface area (Å²) < 4.78 is 10.4. The molecule has 3 rings (SSSR count). The van der Waals surface area contributed by atoms with Crippen LogP contribution in [-0.2, 0) is 11.3 Å². The molecule has 1 aromatic carbocycles. The van der Waals surface area contributed by atoms with E-state index in [9.17, 15) is 4.79 Å². The minimum atomic E-state index is -0.320. The van der Waals surface area contributed by atoms with E-state index in [2.05, 4.69) is 24.0 Å². The molecule has 1 aromatic heterocycles. The largest absolute Gasteiger partial charge is 0.447 e. The topological polar surface area (TPSA) is 68.5 Å². The average Bonchev–Trinajstić information content (AvgIpc) is 3.08. The highest BCUT2D eigenvalue weighted by Gasteiger charge is 2.35. The van der Waals surface area contributed by atoms with Crippen LogP contribution in [0.2, 0.25) is 0 Å². The van der Waals surface area contributed by atoms with Crippen molar-refractivity contribution in [2.45, 2.75) is 26.4 Å². The van der Waals surface area contributed by atoms with Crippen molar-refractivity contribution in [3.63, 3.8) is 0 Å². The van der Waals surface area contributed by atoms with Gasteiger partial charge in [-0.3, -0.25) is 4.90 Å². The Bertz CT molecular complexity index is 624. The normalized spacial score (nSPS) is 18.3. The van der Waals surface area contributed by atoms with Gasteiger partial charge in [-0.25, -0.2) is 4.79 Å². The Morgan fingerprint density at radius 3 is 2.81 bits per heavy atom. The first-order valence-corrected chi connectivity index (χ1v) is 6.96. The summed E-state index contributed by atoms with van der Waals surface area (Å²) in [7, 11) is 0. The van der Waals surface area contributed by atoms with E-state index in [1.165, 1.54) is 0 Å². The van der Waals surface area contributed by atoms with Crippen molar-refractivity contribution in [1.29, 1.82) is 0 Å². The SMILES string of the molecule is CC(C)[C@H]1COC(=O)N1Cc1noc(-c2ccccc2)n1. The molecule has 2 heterocycles. The molecule has 21 heavy (non-hydrogen) atoms. The molecule has 1 aliphatic heterocycles. The van der Waals surface area contributed by atoms with E-state index < -0.39 is 0 Å². The highest BCUT2D eigenvalue weighted by Crippen LogP contribution is 2.22. The maximum absolute atomic E-state index is 11.8. The number of carbonyl (C=O) groups excluding carboxylic acids is 1. The van der Waals surface area contributed by atoms with Crippen LogP contribution in [0.1, 0.15) is 19.7 Å². The van der Waals surface area contributed by atoms with Gasteiger partial charge in [0.25, 0.3) is 5.89 Å². The van der Waals surface area contributed by atoms with Crippen molar-refractivity contribution in [3.8, 4) is 11.5 Å². The van der Waals surface area contributed by atoms with Crippen molar-refractivity contribution in [3.05, 3.63) is 36.2 Å². The summed E-state index contributed by atoms with van der Waals surface area (Å²) in [6, 6.07) is 9.60. The van der Waals surface area contributed by atoms with E-state index >= 15 is 0 Å². The van der Waals surface area contributed by atoms with Crippen molar-refractivity contribution in [2.75, 3.05) is 6.61 Å². The zero-order valence-corrected chi connectivity index (χ0v) is 12.0. The molecular formula is C15H17N3O3. The van der Waals surface area contributed by atoms with Gasteiger partial charge in [-0.1, -0.05) is 37.2 Å². The lowest BCUT2D eigenvalue weighted by molar-refractivity contribution is 0.153. The predicted molar refractivity (Wildman–Crippen MR) is 75.3 cm³/mol. The van der Waals surface area contributed by atoms with Crippen molar-refractivity contribution in [2.24, 2.45) is 5.92 Å². The van der Waals surface area contributed by atoms with Gasteiger partial charge in [0, 0.05) is 5.56 Å². The average molecular weight is 287 g/mol. The molecule has 0 N–H and O–H groups in total. The molecular weight excluding hydrogens is 270 g/mol. The van der Waals surface area contributed by atoms with Crippen LogP contribution in [0.3, 0.4) is 0 Å². The molecule has 6 nitrogen and oxygen atoms in total. The molecule has 1 aliphatic rings. The third-order valence-electron chi connectivity index (χ3n) is 3.58. The second kappa shape index (κ2) is 5.55. The molecule has 1 amide bonds. The Kier molecular flexibility index (Phi) is 3.60. The Morgan fingerprint density at radius 2 is 2.10 bits per heavy atom. The van der Waals surface area contributed by atoms with Gasteiger partial charge in [-0.2, -0.15) is 4.98 Å². The molecule has 6 heteroatoms. The summed E-state index contributed by atoms with van der Waals surface area (Å²) in [5.74, 6) is 1.26. The molecule has 2 aromatic rings. The lowest BCUT2D eigenvalue weighted by Crippen LogP contribution is -2.36. The molecule has 1 saturated heterocycles. The van der Waals surface area contributed by atoms with Gasteiger partial charge in [0.15, 0.2) is 5.82 Å². The van der Waals surface area contributed by atoms with Gasteiger partial charge in [0.2, 0.25) is 0 Å². The molecule has 0 radical (unpaired) electrons. The first kappa shape index (κ1) is 13.6. The van der Waals surface area contributed by atoms with Crippen LogP contribution in [0, 0.1) is 5.92 Å². The highest BCUT2D eigenvalue weighted by molar-refractivity contribution is 5.70. The van der Waals surface area contributed by atoms with E-state index in [1.54, 1.807) is 4.90 Å². The Morgan fingerprint density at radius 1 is 1.33 bits per heavy atom. The quantitative estimate of drug-likeness (QED) is 0.864. The number of nitrogens with zero attached hydrogens (tertiary/aromatic N) is 3. The summed E-state index contributed by atoms with van der Waals surface area (Å²) in [6.07, 6.45) is -0.320. The number of amides is 1.